The molecule has 0 unspecified atom stereocenters. The first kappa shape index (κ1) is 18.3. The first-order chi connectivity index (χ1) is 13.0. The Hall–Kier alpha value is -3.47. The number of nitrogens with zero attached hydrogens (tertiary/aromatic N) is 2. The molecule has 3 amide bonds. The molecule has 3 rings (SSSR count). The number of anilines is 1. The van der Waals surface area contributed by atoms with Gasteiger partial charge in [-0.1, -0.05) is 12.2 Å². The Balaban J connectivity index is 1.48. The molecule has 0 saturated carbocycles. The molecular formula is C19H17N3O5. The van der Waals surface area contributed by atoms with Gasteiger partial charge in [-0.05, 0) is 37.1 Å². The molecule has 1 saturated heterocycles. The summed E-state index contributed by atoms with van der Waals surface area (Å²) in [4.78, 5) is 49.2. The van der Waals surface area contributed by atoms with E-state index in [4.69, 9.17) is 10.00 Å². The summed E-state index contributed by atoms with van der Waals surface area (Å²) in [5, 5.41) is 11.2. The predicted molar refractivity (Wildman–Crippen MR) is 92.8 cm³/mol. The highest BCUT2D eigenvalue weighted by atomic mass is 16.5. The van der Waals surface area contributed by atoms with Crippen molar-refractivity contribution in [3.8, 4) is 6.07 Å². The average Bonchev–Trinajstić information content (AvgIpc) is 2.92. The van der Waals surface area contributed by atoms with E-state index in [1.165, 1.54) is 0 Å². The minimum Gasteiger partial charge on any atom is -0.454 e. The van der Waals surface area contributed by atoms with Crippen molar-refractivity contribution in [1.29, 1.82) is 5.26 Å². The van der Waals surface area contributed by atoms with Gasteiger partial charge in [-0.25, -0.2) is 0 Å². The van der Waals surface area contributed by atoms with Crippen LogP contribution in [0.2, 0.25) is 0 Å². The number of hydrogen-bond acceptors (Lipinski definition) is 6. The lowest BCUT2D eigenvalue weighted by Gasteiger charge is -2.14. The van der Waals surface area contributed by atoms with Crippen LogP contribution in [0, 0.1) is 23.2 Å². The van der Waals surface area contributed by atoms with Gasteiger partial charge in [0.25, 0.3) is 5.91 Å². The minimum absolute atomic E-state index is 0.367. The van der Waals surface area contributed by atoms with E-state index >= 15 is 0 Å². The number of nitriles is 1. The molecule has 0 radical (unpaired) electrons. The molecule has 27 heavy (non-hydrogen) atoms. The van der Waals surface area contributed by atoms with E-state index in [1.807, 2.05) is 18.2 Å². The van der Waals surface area contributed by atoms with Gasteiger partial charge in [0.2, 0.25) is 11.8 Å². The van der Waals surface area contributed by atoms with E-state index in [0.29, 0.717) is 24.1 Å². The van der Waals surface area contributed by atoms with Crippen molar-refractivity contribution >= 4 is 29.4 Å². The maximum Gasteiger partial charge on any atom is 0.326 e. The summed E-state index contributed by atoms with van der Waals surface area (Å²) < 4.78 is 4.87. The summed E-state index contributed by atoms with van der Waals surface area (Å²) >= 11 is 0. The molecule has 1 aliphatic heterocycles. The zero-order valence-corrected chi connectivity index (χ0v) is 14.4. The van der Waals surface area contributed by atoms with Crippen molar-refractivity contribution in [3.05, 3.63) is 42.0 Å². The molecule has 1 aromatic rings. The molecule has 0 bridgehead atoms. The fraction of sp³-hybridized carbons (Fsp3) is 0.316. The second-order valence-corrected chi connectivity index (χ2v) is 6.32. The van der Waals surface area contributed by atoms with Crippen molar-refractivity contribution in [3.63, 3.8) is 0 Å². The van der Waals surface area contributed by atoms with Gasteiger partial charge in [0, 0.05) is 5.69 Å². The van der Waals surface area contributed by atoms with Crippen LogP contribution in [0.5, 0.6) is 0 Å². The Labute approximate surface area is 155 Å². The van der Waals surface area contributed by atoms with Crippen LogP contribution < -0.4 is 5.32 Å². The number of amides is 3. The number of benzene rings is 1. The van der Waals surface area contributed by atoms with Crippen molar-refractivity contribution in [2.45, 2.75) is 12.8 Å². The Morgan fingerprint density at radius 3 is 2.26 bits per heavy atom. The van der Waals surface area contributed by atoms with Crippen LogP contribution in [0.15, 0.2) is 36.4 Å². The molecule has 1 N–H and O–H groups in total. The third-order valence-electron chi connectivity index (χ3n) is 4.55. The average molecular weight is 367 g/mol. The molecule has 0 spiro atoms. The largest absolute Gasteiger partial charge is 0.454 e. The van der Waals surface area contributed by atoms with Gasteiger partial charge in [0.15, 0.2) is 6.61 Å². The van der Waals surface area contributed by atoms with E-state index in [-0.39, 0.29) is 11.8 Å². The topological polar surface area (TPSA) is 117 Å². The normalized spacial score (nSPS) is 20.8. The van der Waals surface area contributed by atoms with Crippen molar-refractivity contribution in [2.75, 3.05) is 18.5 Å². The van der Waals surface area contributed by atoms with Crippen molar-refractivity contribution in [1.82, 2.24) is 4.90 Å². The van der Waals surface area contributed by atoms with Gasteiger partial charge in [0.05, 0.1) is 23.5 Å². The number of rotatable bonds is 5. The van der Waals surface area contributed by atoms with E-state index in [2.05, 4.69) is 5.32 Å². The second-order valence-electron chi connectivity index (χ2n) is 6.32. The molecule has 138 valence electrons. The van der Waals surface area contributed by atoms with Gasteiger partial charge in [0.1, 0.15) is 6.54 Å². The number of carbonyl (C=O) groups is 4. The smallest absolute Gasteiger partial charge is 0.326 e. The van der Waals surface area contributed by atoms with Crippen LogP contribution in [0.4, 0.5) is 5.69 Å². The lowest BCUT2D eigenvalue weighted by Crippen LogP contribution is -2.37. The Morgan fingerprint density at radius 1 is 1.11 bits per heavy atom. The summed E-state index contributed by atoms with van der Waals surface area (Å²) in [5.74, 6) is -2.94. The molecule has 1 aliphatic carbocycles. The highest BCUT2D eigenvalue weighted by molar-refractivity contribution is 6.07. The van der Waals surface area contributed by atoms with Crippen LogP contribution >= 0.6 is 0 Å². The molecule has 1 heterocycles. The zero-order chi connectivity index (χ0) is 19.4. The highest BCUT2D eigenvalue weighted by Gasteiger charge is 2.47. The van der Waals surface area contributed by atoms with Crippen LogP contribution in [0.25, 0.3) is 0 Å². The van der Waals surface area contributed by atoms with Crippen molar-refractivity contribution < 1.29 is 23.9 Å². The van der Waals surface area contributed by atoms with Crippen molar-refractivity contribution in [2.24, 2.45) is 11.8 Å². The molecular weight excluding hydrogens is 350 g/mol. The zero-order valence-electron chi connectivity index (χ0n) is 14.4. The minimum atomic E-state index is -0.821. The Morgan fingerprint density at radius 2 is 1.70 bits per heavy atom. The number of imide groups is 1. The van der Waals surface area contributed by atoms with Crippen LogP contribution in [0.1, 0.15) is 18.4 Å². The monoisotopic (exact) mass is 367 g/mol. The molecule has 2 aliphatic rings. The SMILES string of the molecule is N#Cc1ccc(NC(=O)COC(=O)CN2C(=O)[C@@H]3CC=CC[C@H]3C2=O)cc1. The molecule has 1 aromatic carbocycles. The van der Waals surface area contributed by atoms with Crippen LogP contribution in [0.3, 0.4) is 0 Å². The van der Waals surface area contributed by atoms with E-state index in [0.717, 1.165) is 4.90 Å². The van der Waals surface area contributed by atoms with Crippen LogP contribution in [-0.4, -0.2) is 41.7 Å². The molecule has 8 nitrogen and oxygen atoms in total. The fourth-order valence-electron chi connectivity index (χ4n) is 3.17. The number of likely N-dealkylation sites (tertiary alicyclic amines) is 1. The van der Waals surface area contributed by atoms with E-state index < -0.39 is 36.9 Å². The van der Waals surface area contributed by atoms with E-state index in [1.54, 1.807) is 24.3 Å². The predicted octanol–water partition coefficient (Wildman–Crippen LogP) is 0.991. The van der Waals surface area contributed by atoms with Gasteiger partial charge < -0.3 is 10.1 Å². The Bertz CT molecular complexity index is 827. The maximum atomic E-state index is 12.3. The first-order valence-electron chi connectivity index (χ1n) is 8.45. The third kappa shape index (κ3) is 4.03. The number of hydrogen-bond donors (Lipinski definition) is 1. The number of carbonyl (C=O) groups excluding carboxylic acids is 4. The molecule has 0 aromatic heterocycles. The van der Waals surface area contributed by atoms with Gasteiger partial charge in [-0.3, -0.25) is 24.1 Å². The number of allylic oxidation sites excluding steroid dienone is 2. The molecule has 2 atom stereocenters. The number of ether oxygens (including phenoxy) is 1. The lowest BCUT2D eigenvalue weighted by atomic mass is 9.85. The van der Waals surface area contributed by atoms with Gasteiger partial charge >= 0.3 is 5.97 Å². The number of nitrogens with one attached hydrogen (secondary N) is 1. The second kappa shape index (κ2) is 7.83. The quantitative estimate of drug-likeness (QED) is 0.471. The van der Waals surface area contributed by atoms with Crippen LogP contribution in [-0.2, 0) is 23.9 Å². The van der Waals surface area contributed by atoms with E-state index in [9.17, 15) is 19.2 Å². The summed E-state index contributed by atoms with van der Waals surface area (Å²) in [6.45, 7) is -1.03. The fourth-order valence-corrected chi connectivity index (χ4v) is 3.17. The summed E-state index contributed by atoms with van der Waals surface area (Å²) in [6, 6.07) is 8.15. The summed E-state index contributed by atoms with van der Waals surface area (Å²) in [7, 11) is 0. The summed E-state index contributed by atoms with van der Waals surface area (Å²) in [6.07, 6.45) is 4.71. The third-order valence-corrected chi connectivity index (χ3v) is 4.55. The molecule has 1 fully saturated rings. The Kier molecular flexibility index (Phi) is 5.31. The highest BCUT2D eigenvalue weighted by Crippen LogP contribution is 2.34. The van der Waals surface area contributed by atoms with Gasteiger partial charge in [-0.15, -0.1) is 0 Å². The number of esters is 1. The maximum absolute atomic E-state index is 12.3. The first-order valence-corrected chi connectivity index (χ1v) is 8.45. The summed E-state index contributed by atoms with van der Waals surface area (Å²) in [5.41, 5.74) is 0.909. The molecule has 8 heteroatoms. The van der Waals surface area contributed by atoms with Gasteiger partial charge in [-0.2, -0.15) is 5.26 Å². The standard InChI is InChI=1S/C19H17N3O5/c20-9-12-5-7-13(8-6-12)21-16(23)11-27-17(24)10-22-18(25)14-3-1-2-4-15(14)19(22)26/h1-2,5-8,14-15H,3-4,10-11H2,(H,21,23)/t14-,15-/m1/s1. The lowest BCUT2D eigenvalue weighted by molar-refractivity contribution is -0.154. The number of fused-ring (bicyclic) bond motifs is 1.